The van der Waals surface area contributed by atoms with E-state index in [-0.39, 0.29) is 12.2 Å². The lowest BCUT2D eigenvalue weighted by atomic mass is 10.00. The third kappa shape index (κ3) is 10.4. The van der Waals surface area contributed by atoms with Crippen LogP contribution in [0.25, 0.3) is 0 Å². The Bertz CT molecular complexity index is 146. The minimum absolute atomic E-state index is 0.0453. The Morgan fingerprint density at radius 1 is 1.00 bits per heavy atom. The van der Waals surface area contributed by atoms with E-state index in [1.807, 2.05) is 0 Å². The van der Waals surface area contributed by atoms with Gasteiger partial charge in [-0.25, -0.2) is 0 Å². The minimum Gasteiger partial charge on any atom is -0.394 e. The quantitative estimate of drug-likeness (QED) is 0.557. The van der Waals surface area contributed by atoms with Gasteiger partial charge < -0.3 is 14.6 Å². The van der Waals surface area contributed by atoms with Gasteiger partial charge in [-0.05, 0) is 20.3 Å². The van der Waals surface area contributed by atoms with E-state index in [4.69, 9.17) is 14.6 Å². The Balaban J connectivity index is 3.38. The normalized spacial score (nSPS) is 12.0. The first-order valence-corrected chi connectivity index (χ1v) is 6.45. The molecule has 0 atom stereocenters. The van der Waals surface area contributed by atoms with Crippen LogP contribution < -0.4 is 0 Å². The number of hydrogen-bond acceptors (Lipinski definition) is 3. The number of aliphatic hydroxyl groups is 1. The Labute approximate surface area is 100 Å². The van der Waals surface area contributed by atoms with Gasteiger partial charge in [-0.1, -0.05) is 32.6 Å². The molecule has 0 aromatic rings. The van der Waals surface area contributed by atoms with Crippen molar-refractivity contribution in [3.8, 4) is 0 Å². The first kappa shape index (κ1) is 15.9. The van der Waals surface area contributed by atoms with Crippen molar-refractivity contribution in [3.63, 3.8) is 0 Å². The van der Waals surface area contributed by atoms with Crippen LogP contribution in [0, 0.1) is 0 Å². The molecule has 98 valence electrons. The van der Waals surface area contributed by atoms with Crippen LogP contribution >= 0.6 is 0 Å². The zero-order chi connectivity index (χ0) is 12.3. The zero-order valence-electron chi connectivity index (χ0n) is 11.1. The van der Waals surface area contributed by atoms with Gasteiger partial charge in [0.1, 0.15) is 0 Å². The van der Waals surface area contributed by atoms with Crippen molar-refractivity contribution in [2.75, 3.05) is 26.4 Å². The van der Waals surface area contributed by atoms with E-state index in [0.717, 1.165) is 6.42 Å². The van der Waals surface area contributed by atoms with Crippen LogP contribution in [0.15, 0.2) is 0 Å². The Hall–Kier alpha value is -0.120. The molecule has 0 fully saturated rings. The van der Waals surface area contributed by atoms with Crippen LogP contribution in [-0.4, -0.2) is 37.1 Å². The number of unbranched alkanes of at least 4 members (excludes halogenated alkanes) is 3. The Morgan fingerprint density at radius 2 is 1.75 bits per heavy atom. The predicted octanol–water partition coefficient (Wildman–Crippen LogP) is 2.76. The molecule has 0 rings (SSSR count). The summed E-state index contributed by atoms with van der Waals surface area (Å²) in [5.41, 5.74) is -0.0453. The maximum absolute atomic E-state index is 8.53. The topological polar surface area (TPSA) is 38.7 Å². The highest BCUT2D eigenvalue weighted by Crippen LogP contribution is 2.18. The second-order valence-corrected chi connectivity index (χ2v) is 4.75. The van der Waals surface area contributed by atoms with E-state index in [9.17, 15) is 0 Å². The molecule has 0 heterocycles. The molecule has 0 radical (unpaired) electrons. The first-order valence-electron chi connectivity index (χ1n) is 6.45. The molecule has 0 aromatic carbocycles. The fraction of sp³-hybridized carbons (Fsp3) is 1.00. The number of aliphatic hydroxyl groups excluding tert-OH is 1. The van der Waals surface area contributed by atoms with Crippen molar-refractivity contribution in [3.05, 3.63) is 0 Å². The van der Waals surface area contributed by atoms with Crippen molar-refractivity contribution < 1.29 is 14.6 Å². The highest BCUT2D eigenvalue weighted by atomic mass is 16.5. The standard InChI is InChI=1S/C13H28O3/c1-4-5-6-7-8-13(2,3)16-12-11-15-10-9-14/h14H,4-12H2,1-3H3. The highest BCUT2D eigenvalue weighted by molar-refractivity contribution is 4.68. The SMILES string of the molecule is CCCCCCC(C)(C)OCCOCCO. The molecule has 0 aliphatic carbocycles. The van der Waals surface area contributed by atoms with E-state index in [1.165, 1.54) is 25.7 Å². The van der Waals surface area contributed by atoms with E-state index >= 15 is 0 Å². The fourth-order valence-corrected chi connectivity index (χ4v) is 1.59. The second kappa shape index (κ2) is 10.1. The van der Waals surface area contributed by atoms with E-state index in [0.29, 0.717) is 19.8 Å². The summed E-state index contributed by atoms with van der Waals surface area (Å²) in [6.07, 6.45) is 6.22. The summed E-state index contributed by atoms with van der Waals surface area (Å²) in [6.45, 7) is 8.15. The molecule has 0 aliphatic rings. The maximum Gasteiger partial charge on any atom is 0.0707 e. The predicted molar refractivity (Wildman–Crippen MR) is 66.7 cm³/mol. The summed E-state index contributed by atoms with van der Waals surface area (Å²) in [7, 11) is 0. The molecule has 1 N–H and O–H groups in total. The molecule has 0 saturated heterocycles. The average molecular weight is 232 g/mol. The highest BCUT2D eigenvalue weighted by Gasteiger charge is 2.17. The Kier molecular flexibility index (Phi) is 9.99. The van der Waals surface area contributed by atoms with Crippen LogP contribution in [0.2, 0.25) is 0 Å². The molecular formula is C13H28O3. The number of rotatable bonds is 11. The molecule has 0 saturated carbocycles. The van der Waals surface area contributed by atoms with Crippen LogP contribution in [0.5, 0.6) is 0 Å². The second-order valence-electron chi connectivity index (χ2n) is 4.75. The van der Waals surface area contributed by atoms with E-state index in [1.54, 1.807) is 0 Å². The smallest absolute Gasteiger partial charge is 0.0707 e. The summed E-state index contributed by atoms with van der Waals surface area (Å²) >= 11 is 0. The van der Waals surface area contributed by atoms with E-state index < -0.39 is 0 Å². The molecule has 0 aliphatic heterocycles. The molecule has 0 unspecified atom stereocenters. The lowest BCUT2D eigenvalue weighted by Crippen LogP contribution is -2.26. The molecule has 0 spiro atoms. The van der Waals surface area contributed by atoms with Crippen molar-refractivity contribution in [1.82, 2.24) is 0 Å². The summed E-state index contributed by atoms with van der Waals surface area (Å²) in [5.74, 6) is 0. The van der Waals surface area contributed by atoms with Gasteiger partial charge in [0.15, 0.2) is 0 Å². The summed E-state index contributed by atoms with van der Waals surface area (Å²) in [6, 6.07) is 0. The molecule has 0 bridgehead atoms. The summed E-state index contributed by atoms with van der Waals surface area (Å²) < 4.78 is 10.9. The number of hydrogen-bond donors (Lipinski definition) is 1. The fourth-order valence-electron chi connectivity index (χ4n) is 1.59. The van der Waals surface area contributed by atoms with Gasteiger partial charge in [-0.3, -0.25) is 0 Å². The maximum atomic E-state index is 8.53. The third-order valence-corrected chi connectivity index (χ3v) is 2.59. The number of ether oxygens (including phenoxy) is 2. The molecule has 16 heavy (non-hydrogen) atoms. The van der Waals surface area contributed by atoms with Gasteiger partial charge in [0.2, 0.25) is 0 Å². The zero-order valence-corrected chi connectivity index (χ0v) is 11.1. The molecular weight excluding hydrogens is 204 g/mol. The third-order valence-electron chi connectivity index (χ3n) is 2.59. The van der Waals surface area contributed by atoms with Crippen LogP contribution in [-0.2, 0) is 9.47 Å². The van der Waals surface area contributed by atoms with Gasteiger partial charge in [0.25, 0.3) is 0 Å². The molecule has 0 amide bonds. The Morgan fingerprint density at radius 3 is 2.38 bits per heavy atom. The summed E-state index contributed by atoms with van der Waals surface area (Å²) in [5, 5.41) is 8.53. The largest absolute Gasteiger partial charge is 0.394 e. The van der Waals surface area contributed by atoms with Crippen molar-refractivity contribution in [2.45, 2.75) is 58.5 Å². The summed E-state index contributed by atoms with van der Waals surface area (Å²) in [4.78, 5) is 0. The van der Waals surface area contributed by atoms with Gasteiger partial charge in [0, 0.05) is 0 Å². The van der Waals surface area contributed by atoms with Crippen LogP contribution in [0.4, 0.5) is 0 Å². The lowest BCUT2D eigenvalue weighted by Gasteiger charge is -2.25. The monoisotopic (exact) mass is 232 g/mol. The van der Waals surface area contributed by atoms with Gasteiger partial charge in [-0.2, -0.15) is 0 Å². The van der Waals surface area contributed by atoms with Gasteiger partial charge >= 0.3 is 0 Å². The molecule has 3 nitrogen and oxygen atoms in total. The van der Waals surface area contributed by atoms with Crippen LogP contribution in [0.1, 0.15) is 52.9 Å². The first-order chi connectivity index (χ1) is 7.62. The van der Waals surface area contributed by atoms with Gasteiger partial charge in [0.05, 0.1) is 32.0 Å². The molecule has 3 heteroatoms. The van der Waals surface area contributed by atoms with Crippen molar-refractivity contribution in [1.29, 1.82) is 0 Å². The molecule has 0 aromatic heterocycles. The van der Waals surface area contributed by atoms with E-state index in [2.05, 4.69) is 20.8 Å². The minimum atomic E-state index is -0.0453. The van der Waals surface area contributed by atoms with Crippen molar-refractivity contribution in [2.24, 2.45) is 0 Å². The van der Waals surface area contributed by atoms with Crippen molar-refractivity contribution >= 4 is 0 Å². The lowest BCUT2D eigenvalue weighted by molar-refractivity contribution is -0.0540. The average Bonchev–Trinajstić information content (AvgIpc) is 2.24. The van der Waals surface area contributed by atoms with Crippen LogP contribution in [0.3, 0.4) is 0 Å². The van der Waals surface area contributed by atoms with Gasteiger partial charge in [-0.15, -0.1) is 0 Å².